The first kappa shape index (κ1) is 18.4. The van der Waals surface area contributed by atoms with Crippen LogP contribution < -0.4 is 9.64 Å². The van der Waals surface area contributed by atoms with Crippen molar-refractivity contribution in [2.24, 2.45) is 0 Å². The molecule has 1 aliphatic heterocycles. The Morgan fingerprint density at radius 1 is 1.08 bits per heavy atom. The second kappa shape index (κ2) is 7.49. The number of rotatable bonds is 4. The fourth-order valence-corrected chi connectivity index (χ4v) is 2.92. The van der Waals surface area contributed by atoms with Gasteiger partial charge in [0.15, 0.2) is 5.69 Å². The van der Waals surface area contributed by atoms with Crippen molar-refractivity contribution in [3.63, 3.8) is 0 Å². The van der Waals surface area contributed by atoms with Gasteiger partial charge >= 0.3 is 6.18 Å². The van der Waals surface area contributed by atoms with Crippen LogP contribution in [0.1, 0.15) is 12.6 Å². The van der Waals surface area contributed by atoms with E-state index in [-0.39, 0.29) is 11.6 Å². The Hall–Kier alpha value is -2.35. The van der Waals surface area contributed by atoms with Gasteiger partial charge in [-0.15, -0.1) is 0 Å². The summed E-state index contributed by atoms with van der Waals surface area (Å²) in [6, 6.07) is 7.83. The van der Waals surface area contributed by atoms with Crippen LogP contribution in [0.5, 0.6) is 5.75 Å². The molecule has 0 amide bonds. The van der Waals surface area contributed by atoms with Crippen molar-refractivity contribution in [1.29, 1.82) is 0 Å². The lowest BCUT2D eigenvalue weighted by molar-refractivity contribution is -0.141. The lowest BCUT2D eigenvalue weighted by atomic mass is 10.1. The molecule has 5 nitrogen and oxygen atoms in total. The van der Waals surface area contributed by atoms with Crippen LogP contribution in [-0.4, -0.2) is 54.7 Å². The molecule has 0 N–H and O–H groups in total. The fourth-order valence-electron chi connectivity index (χ4n) is 2.92. The first-order chi connectivity index (χ1) is 12.4. The normalized spacial score (nSPS) is 16.0. The molecule has 26 heavy (non-hydrogen) atoms. The van der Waals surface area contributed by atoms with Gasteiger partial charge in [-0.25, -0.2) is 9.97 Å². The first-order valence-electron chi connectivity index (χ1n) is 8.48. The summed E-state index contributed by atoms with van der Waals surface area (Å²) < 4.78 is 45.2. The van der Waals surface area contributed by atoms with Gasteiger partial charge in [-0.1, -0.05) is 19.1 Å². The Balaban J connectivity index is 1.99. The van der Waals surface area contributed by atoms with Crippen LogP contribution in [0, 0.1) is 0 Å². The molecule has 1 fully saturated rings. The van der Waals surface area contributed by atoms with E-state index in [2.05, 4.69) is 21.8 Å². The quantitative estimate of drug-likeness (QED) is 0.830. The van der Waals surface area contributed by atoms with E-state index in [1.807, 2.05) is 4.90 Å². The zero-order valence-electron chi connectivity index (χ0n) is 14.8. The van der Waals surface area contributed by atoms with Gasteiger partial charge < -0.3 is 14.5 Å². The van der Waals surface area contributed by atoms with Gasteiger partial charge in [-0.05, 0) is 24.7 Å². The van der Waals surface area contributed by atoms with Crippen molar-refractivity contribution in [1.82, 2.24) is 14.9 Å². The second-order valence-electron chi connectivity index (χ2n) is 6.09. The molecule has 0 atom stereocenters. The molecule has 2 aromatic rings. The van der Waals surface area contributed by atoms with Crippen LogP contribution in [0.2, 0.25) is 0 Å². The third-order valence-corrected chi connectivity index (χ3v) is 4.47. The van der Waals surface area contributed by atoms with Crippen molar-refractivity contribution in [3.8, 4) is 17.0 Å². The van der Waals surface area contributed by atoms with Gasteiger partial charge in [0.05, 0.1) is 12.8 Å². The van der Waals surface area contributed by atoms with Crippen LogP contribution in [-0.2, 0) is 6.18 Å². The van der Waals surface area contributed by atoms with Gasteiger partial charge in [-0.2, -0.15) is 13.2 Å². The van der Waals surface area contributed by atoms with E-state index in [4.69, 9.17) is 4.74 Å². The third-order valence-electron chi connectivity index (χ3n) is 4.47. The zero-order chi connectivity index (χ0) is 18.7. The smallest absolute Gasteiger partial charge is 0.433 e. The van der Waals surface area contributed by atoms with Crippen LogP contribution in [0.25, 0.3) is 11.3 Å². The molecule has 1 aromatic carbocycles. The number of anilines is 1. The second-order valence-corrected chi connectivity index (χ2v) is 6.09. The molecule has 0 spiro atoms. The molecule has 1 aliphatic rings. The standard InChI is InChI=1S/C18H21F3N4O/c1-3-24-7-9-25(10-8-24)17-22-15(12-16(23-17)18(19,20)21)13-5-4-6-14(11-13)26-2/h4-6,11-12H,3,7-10H2,1-2H3. The topological polar surface area (TPSA) is 41.5 Å². The number of halogens is 3. The summed E-state index contributed by atoms with van der Waals surface area (Å²) in [4.78, 5) is 12.2. The summed E-state index contributed by atoms with van der Waals surface area (Å²) in [7, 11) is 1.51. The summed E-state index contributed by atoms with van der Waals surface area (Å²) >= 11 is 0. The van der Waals surface area contributed by atoms with Gasteiger partial charge in [-0.3, -0.25) is 0 Å². The number of methoxy groups -OCH3 is 1. The van der Waals surface area contributed by atoms with Crippen molar-refractivity contribution >= 4 is 5.95 Å². The molecule has 1 saturated heterocycles. The molecular formula is C18H21F3N4O. The van der Waals surface area contributed by atoms with Crippen LogP contribution >= 0.6 is 0 Å². The highest BCUT2D eigenvalue weighted by molar-refractivity contribution is 5.63. The molecule has 0 saturated carbocycles. The van der Waals surface area contributed by atoms with Crippen LogP contribution in [0.15, 0.2) is 30.3 Å². The van der Waals surface area contributed by atoms with Gasteiger partial charge in [0, 0.05) is 31.7 Å². The maximum absolute atomic E-state index is 13.4. The molecule has 2 heterocycles. The number of alkyl halides is 3. The molecule has 0 radical (unpaired) electrons. The summed E-state index contributed by atoms with van der Waals surface area (Å²) in [6.07, 6.45) is -4.53. The number of aromatic nitrogens is 2. The van der Waals surface area contributed by atoms with E-state index in [9.17, 15) is 13.2 Å². The predicted octanol–water partition coefficient (Wildman–Crippen LogP) is 3.31. The number of likely N-dealkylation sites (N-methyl/N-ethyl adjacent to an activating group) is 1. The van der Waals surface area contributed by atoms with E-state index >= 15 is 0 Å². The lowest BCUT2D eigenvalue weighted by Gasteiger charge is -2.34. The van der Waals surface area contributed by atoms with E-state index in [0.29, 0.717) is 24.4 Å². The van der Waals surface area contributed by atoms with Gasteiger partial charge in [0.1, 0.15) is 5.75 Å². The average Bonchev–Trinajstić information content (AvgIpc) is 2.67. The SMILES string of the molecule is CCN1CCN(c2nc(-c3cccc(OC)c3)cc(C(F)(F)F)n2)CC1. The summed E-state index contributed by atoms with van der Waals surface area (Å²) in [5.41, 5.74) is -0.136. The highest BCUT2D eigenvalue weighted by Gasteiger charge is 2.34. The fraction of sp³-hybridized carbons (Fsp3) is 0.444. The van der Waals surface area contributed by atoms with Crippen molar-refractivity contribution < 1.29 is 17.9 Å². The summed E-state index contributed by atoms with van der Waals surface area (Å²) in [5, 5.41) is 0. The number of nitrogens with zero attached hydrogens (tertiary/aromatic N) is 4. The molecule has 140 valence electrons. The number of hydrogen-bond donors (Lipinski definition) is 0. The molecule has 0 aliphatic carbocycles. The predicted molar refractivity (Wildman–Crippen MR) is 93.3 cm³/mol. The highest BCUT2D eigenvalue weighted by atomic mass is 19.4. The summed E-state index contributed by atoms with van der Waals surface area (Å²) in [5.74, 6) is 0.682. The van der Waals surface area contributed by atoms with Crippen molar-refractivity contribution in [2.75, 3.05) is 44.7 Å². The minimum absolute atomic E-state index is 0.119. The number of benzene rings is 1. The summed E-state index contributed by atoms with van der Waals surface area (Å²) in [6.45, 7) is 5.76. The third kappa shape index (κ3) is 4.07. The van der Waals surface area contributed by atoms with Crippen molar-refractivity contribution in [2.45, 2.75) is 13.1 Å². The average molecular weight is 366 g/mol. The molecule has 0 bridgehead atoms. The Bertz CT molecular complexity index is 758. The monoisotopic (exact) mass is 366 g/mol. The van der Waals surface area contributed by atoms with Crippen LogP contribution in [0.4, 0.5) is 19.1 Å². The number of hydrogen-bond acceptors (Lipinski definition) is 5. The molecular weight excluding hydrogens is 345 g/mol. The Morgan fingerprint density at radius 3 is 2.42 bits per heavy atom. The van der Waals surface area contributed by atoms with E-state index < -0.39 is 11.9 Å². The minimum atomic E-state index is -4.53. The molecule has 1 aromatic heterocycles. The largest absolute Gasteiger partial charge is 0.497 e. The number of ether oxygens (including phenoxy) is 1. The Morgan fingerprint density at radius 2 is 1.81 bits per heavy atom. The molecule has 3 rings (SSSR count). The Labute approximate surface area is 150 Å². The first-order valence-corrected chi connectivity index (χ1v) is 8.48. The maximum atomic E-state index is 13.4. The van der Waals surface area contributed by atoms with Gasteiger partial charge in [0.25, 0.3) is 0 Å². The number of piperazine rings is 1. The zero-order valence-corrected chi connectivity index (χ0v) is 14.8. The Kier molecular flexibility index (Phi) is 5.31. The van der Waals surface area contributed by atoms with E-state index in [1.54, 1.807) is 24.3 Å². The van der Waals surface area contributed by atoms with Crippen molar-refractivity contribution in [3.05, 3.63) is 36.0 Å². The van der Waals surface area contributed by atoms with Gasteiger partial charge in [0.2, 0.25) is 5.95 Å². The molecule has 8 heteroatoms. The van der Waals surface area contributed by atoms with Crippen LogP contribution in [0.3, 0.4) is 0 Å². The lowest BCUT2D eigenvalue weighted by Crippen LogP contribution is -2.46. The maximum Gasteiger partial charge on any atom is 0.433 e. The van der Waals surface area contributed by atoms with E-state index in [1.165, 1.54) is 7.11 Å². The minimum Gasteiger partial charge on any atom is -0.497 e. The van der Waals surface area contributed by atoms with E-state index in [0.717, 1.165) is 25.7 Å². The highest BCUT2D eigenvalue weighted by Crippen LogP contribution is 2.32. The molecule has 0 unspecified atom stereocenters.